The van der Waals surface area contributed by atoms with Crippen molar-refractivity contribution in [3.63, 3.8) is 0 Å². The van der Waals surface area contributed by atoms with E-state index in [1.807, 2.05) is 19.1 Å². The van der Waals surface area contributed by atoms with Gasteiger partial charge in [-0.2, -0.15) is 0 Å². The predicted octanol–water partition coefficient (Wildman–Crippen LogP) is 1.97. The number of rotatable bonds is 2. The first-order valence-electron chi connectivity index (χ1n) is 5.76. The van der Waals surface area contributed by atoms with Crippen molar-refractivity contribution in [3.05, 3.63) is 12.2 Å². The molecule has 2 aliphatic rings. The molecule has 0 N–H and O–H groups in total. The fourth-order valence-corrected chi connectivity index (χ4v) is 3.00. The van der Waals surface area contributed by atoms with Crippen LogP contribution in [0.25, 0.3) is 0 Å². The number of ketones is 1. The number of esters is 1. The highest BCUT2D eigenvalue weighted by molar-refractivity contribution is 6.07. The van der Waals surface area contributed by atoms with Crippen molar-refractivity contribution in [2.75, 3.05) is 6.61 Å². The summed E-state index contributed by atoms with van der Waals surface area (Å²) < 4.78 is 4.99. The molecule has 1 fully saturated rings. The van der Waals surface area contributed by atoms with Crippen molar-refractivity contribution in [2.45, 2.75) is 27.7 Å². The Morgan fingerprint density at radius 3 is 2.50 bits per heavy atom. The second kappa shape index (κ2) is 3.19. The van der Waals surface area contributed by atoms with Crippen LogP contribution in [0.2, 0.25) is 0 Å². The Morgan fingerprint density at radius 1 is 1.44 bits per heavy atom. The van der Waals surface area contributed by atoms with Gasteiger partial charge in [0, 0.05) is 5.92 Å². The SMILES string of the molecule is CCOC(=O)C1C(=O)C2(C)C=CC1C2(C)C. The Hall–Kier alpha value is -1.12. The average molecular weight is 222 g/mol. The van der Waals surface area contributed by atoms with E-state index in [-0.39, 0.29) is 23.1 Å². The molecule has 3 unspecified atom stereocenters. The van der Waals surface area contributed by atoms with Gasteiger partial charge in [-0.05, 0) is 19.3 Å². The van der Waals surface area contributed by atoms with E-state index in [0.717, 1.165) is 0 Å². The smallest absolute Gasteiger partial charge is 0.317 e. The van der Waals surface area contributed by atoms with E-state index in [9.17, 15) is 9.59 Å². The number of carbonyl (C=O) groups excluding carboxylic acids is 2. The lowest BCUT2D eigenvalue weighted by molar-refractivity contribution is -0.152. The summed E-state index contributed by atoms with van der Waals surface area (Å²) in [7, 11) is 0. The Bertz CT molecular complexity index is 381. The van der Waals surface area contributed by atoms with Crippen molar-refractivity contribution >= 4 is 11.8 Å². The van der Waals surface area contributed by atoms with Gasteiger partial charge >= 0.3 is 5.97 Å². The lowest BCUT2D eigenvalue weighted by Crippen LogP contribution is -2.34. The Labute approximate surface area is 95.9 Å². The number of ether oxygens (including phenoxy) is 1. The molecule has 0 aromatic carbocycles. The third-order valence-corrected chi connectivity index (χ3v) is 4.50. The molecule has 1 saturated carbocycles. The van der Waals surface area contributed by atoms with Gasteiger partial charge in [-0.3, -0.25) is 9.59 Å². The summed E-state index contributed by atoms with van der Waals surface area (Å²) in [6, 6.07) is 0. The van der Waals surface area contributed by atoms with E-state index < -0.39 is 11.3 Å². The van der Waals surface area contributed by atoms with E-state index in [0.29, 0.717) is 6.61 Å². The highest BCUT2D eigenvalue weighted by atomic mass is 16.5. The molecule has 2 aliphatic carbocycles. The van der Waals surface area contributed by atoms with Crippen molar-refractivity contribution in [2.24, 2.45) is 22.7 Å². The molecule has 3 heteroatoms. The van der Waals surface area contributed by atoms with Gasteiger partial charge in [0.15, 0.2) is 5.78 Å². The summed E-state index contributed by atoms with van der Waals surface area (Å²) in [6.45, 7) is 8.11. The molecular formula is C13H18O3. The van der Waals surface area contributed by atoms with Crippen molar-refractivity contribution in [1.29, 1.82) is 0 Å². The topological polar surface area (TPSA) is 43.4 Å². The lowest BCUT2D eigenvalue weighted by atomic mass is 9.70. The normalized spacial score (nSPS) is 39.1. The highest BCUT2D eigenvalue weighted by Crippen LogP contribution is 2.62. The second-order valence-electron chi connectivity index (χ2n) is 5.40. The molecule has 0 aliphatic heterocycles. The van der Waals surface area contributed by atoms with E-state index in [1.54, 1.807) is 6.92 Å². The van der Waals surface area contributed by atoms with Crippen molar-refractivity contribution in [3.8, 4) is 0 Å². The first-order chi connectivity index (χ1) is 7.36. The van der Waals surface area contributed by atoms with Gasteiger partial charge in [-0.1, -0.05) is 26.0 Å². The zero-order chi connectivity index (χ0) is 12.1. The van der Waals surface area contributed by atoms with Crippen LogP contribution >= 0.6 is 0 Å². The second-order valence-corrected chi connectivity index (χ2v) is 5.40. The van der Waals surface area contributed by atoms with Crippen LogP contribution < -0.4 is 0 Å². The molecule has 0 aromatic rings. The molecule has 0 aromatic heterocycles. The van der Waals surface area contributed by atoms with Gasteiger partial charge < -0.3 is 4.74 Å². The standard InChI is InChI=1S/C13H18O3/c1-5-16-11(15)9-8-6-7-13(4,10(9)14)12(8,2)3/h6-9H,5H2,1-4H3. The summed E-state index contributed by atoms with van der Waals surface area (Å²) in [4.78, 5) is 24.1. The van der Waals surface area contributed by atoms with E-state index in [1.165, 1.54) is 0 Å². The molecule has 0 spiro atoms. The van der Waals surface area contributed by atoms with Crippen LogP contribution in [-0.2, 0) is 14.3 Å². The minimum absolute atomic E-state index is 0.0101. The van der Waals surface area contributed by atoms with Crippen LogP contribution in [0.5, 0.6) is 0 Å². The first kappa shape index (κ1) is 11.4. The fourth-order valence-electron chi connectivity index (χ4n) is 3.00. The summed E-state index contributed by atoms with van der Waals surface area (Å²) in [5.41, 5.74) is -0.684. The molecule has 0 saturated heterocycles. The number of allylic oxidation sites excluding steroid dienone is 2. The quantitative estimate of drug-likeness (QED) is 0.407. The first-order valence-corrected chi connectivity index (χ1v) is 5.76. The molecule has 16 heavy (non-hydrogen) atoms. The lowest BCUT2D eigenvalue weighted by Gasteiger charge is -2.31. The van der Waals surface area contributed by atoms with Gasteiger partial charge in [-0.25, -0.2) is 0 Å². The van der Waals surface area contributed by atoms with Crippen LogP contribution in [-0.4, -0.2) is 18.4 Å². The molecule has 0 heterocycles. The van der Waals surface area contributed by atoms with E-state index in [4.69, 9.17) is 4.74 Å². The van der Waals surface area contributed by atoms with Crippen LogP contribution in [0.3, 0.4) is 0 Å². The molecule has 3 nitrogen and oxygen atoms in total. The maximum Gasteiger partial charge on any atom is 0.317 e. The Morgan fingerprint density at radius 2 is 2.06 bits per heavy atom. The van der Waals surface area contributed by atoms with Gasteiger partial charge in [0.2, 0.25) is 0 Å². The average Bonchev–Trinajstić information content (AvgIpc) is 2.50. The molecule has 2 rings (SSSR count). The minimum atomic E-state index is -0.593. The monoisotopic (exact) mass is 222 g/mol. The maximum absolute atomic E-state index is 12.3. The van der Waals surface area contributed by atoms with Crippen LogP contribution in [0, 0.1) is 22.7 Å². The van der Waals surface area contributed by atoms with Gasteiger partial charge in [-0.15, -0.1) is 0 Å². The number of hydrogen-bond donors (Lipinski definition) is 0. The number of carbonyl (C=O) groups is 2. The van der Waals surface area contributed by atoms with Crippen molar-refractivity contribution < 1.29 is 14.3 Å². The number of fused-ring (bicyclic) bond motifs is 2. The van der Waals surface area contributed by atoms with Crippen molar-refractivity contribution in [1.82, 2.24) is 0 Å². The number of Topliss-reactive ketones (excluding diaryl/α,β-unsaturated/α-hetero) is 1. The third kappa shape index (κ3) is 1.09. The third-order valence-electron chi connectivity index (χ3n) is 4.50. The molecule has 3 atom stereocenters. The summed E-state index contributed by atoms with van der Waals surface area (Å²) >= 11 is 0. The summed E-state index contributed by atoms with van der Waals surface area (Å²) in [5, 5.41) is 0. The number of hydrogen-bond acceptors (Lipinski definition) is 3. The van der Waals surface area contributed by atoms with Crippen LogP contribution in [0.15, 0.2) is 12.2 Å². The van der Waals surface area contributed by atoms with Gasteiger partial charge in [0.1, 0.15) is 5.92 Å². The van der Waals surface area contributed by atoms with Crippen LogP contribution in [0.1, 0.15) is 27.7 Å². The summed E-state index contributed by atoms with van der Waals surface area (Å²) in [5.74, 6) is -0.948. The largest absolute Gasteiger partial charge is 0.465 e. The molecule has 88 valence electrons. The molecule has 2 bridgehead atoms. The van der Waals surface area contributed by atoms with Crippen LogP contribution in [0.4, 0.5) is 0 Å². The molecule has 0 amide bonds. The fraction of sp³-hybridized carbons (Fsp3) is 0.692. The maximum atomic E-state index is 12.3. The Balaban J connectivity index is 2.37. The van der Waals surface area contributed by atoms with E-state index in [2.05, 4.69) is 13.8 Å². The Kier molecular flexibility index (Phi) is 2.26. The predicted molar refractivity (Wildman–Crippen MR) is 59.6 cm³/mol. The van der Waals surface area contributed by atoms with Gasteiger partial charge in [0.25, 0.3) is 0 Å². The minimum Gasteiger partial charge on any atom is -0.465 e. The molecule has 0 radical (unpaired) electrons. The zero-order valence-electron chi connectivity index (χ0n) is 10.2. The zero-order valence-corrected chi connectivity index (χ0v) is 10.2. The molecular weight excluding hydrogens is 204 g/mol. The van der Waals surface area contributed by atoms with E-state index >= 15 is 0 Å². The van der Waals surface area contributed by atoms with Gasteiger partial charge in [0.05, 0.1) is 12.0 Å². The summed E-state index contributed by atoms with van der Waals surface area (Å²) in [6.07, 6.45) is 3.96. The highest BCUT2D eigenvalue weighted by Gasteiger charge is 2.65.